The Labute approximate surface area is 104 Å². The summed E-state index contributed by atoms with van der Waals surface area (Å²) < 4.78 is 0. The molecule has 0 radical (unpaired) electrons. The molecule has 0 fully saturated rings. The average molecular weight is 237 g/mol. The van der Waals surface area contributed by atoms with E-state index in [0.29, 0.717) is 11.6 Å². The van der Waals surface area contributed by atoms with Gasteiger partial charge in [-0.3, -0.25) is 0 Å². The van der Waals surface area contributed by atoms with Crippen LogP contribution in [-0.4, -0.2) is 28.7 Å². The van der Waals surface area contributed by atoms with Crippen LogP contribution in [0, 0.1) is 0 Å². The lowest BCUT2D eigenvalue weighted by molar-refractivity contribution is 0.0738. The zero-order valence-corrected chi connectivity index (χ0v) is 11.3. The molecule has 4 nitrogen and oxygen atoms in total. The van der Waals surface area contributed by atoms with E-state index in [0.717, 1.165) is 13.0 Å². The van der Waals surface area contributed by atoms with E-state index in [1.165, 1.54) is 12.8 Å². The molecule has 0 aliphatic carbocycles. The van der Waals surface area contributed by atoms with E-state index in [1.807, 2.05) is 11.9 Å². The van der Waals surface area contributed by atoms with Crippen LogP contribution >= 0.6 is 0 Å². The zero-order chi connectivity index (χ0) is 12.9. The fourth-order valence-corrected chi connectivity index (χ4v) is 1.57. The van der Waals surface area contributed by atoms with Gasteiger partial charge in [-0.15, -0.1) is 0 Å². The van der Waals surface area contributed by atoms with Crippen LogP contribution in [0.5, 0.6) is 0 Å². The normalized spacial score (nSPS) is 11.6. The molecule has 0 aliphatic rings. The second-order valence-electron chi connectivity index (χ2n) is 4.93. The standard InChI is InChI=1S/C13H23N3O/c1-5-6-7-10-16(4)12-14-9-8-11(15-12)13(2,3)17/h8-9,17H,5-7,10H2,1-4H3. The minimum atomic E-state index is -0.915. The molecule has 1 N–H and O–H groups in total. The Morgan fingerprint density at radius 3 is 2.65 bits per heavy atom. The van der Waals surface area contributed by atoms with Crippen molar-refractivity contribution in [2.75, 3.05) is 18.5 Å². The van der Waals surface area contributed by atoms with Crippen molar-refractivity contribution in [1.29, 1.82) is 0 Å². The first-order valence-electron chi connectivity index (χ1n) is 6.22. The maximum Gasteiger partial charge on any atom is 0.225 e. The topological polar surface area (TPSA) is 49.2 Å². The molecule has 4 heteroatoms. The van der Waals surface area contributed by atoms with Gasteiger partial charge in [0.1, 0.15) is 5.60 Å². The quantitative estimate of drug-likeness (QED) is 0.771. The van der Waals surface area contributed by atoms with Crippen LogP contribution < -0.4 is 4.90 Å². The van der Waals surface area contributed by atoms with E-state index in [2.05, 4.69) is 16.9 Å². The van der Waals surface area contributed by atoms with Crippen molar-refractivity contribution >= 4 is 5.95 Å². The minimum Gasteiger partial charge on any atom is -0.384 e. The van der Waals surface area contributed by atoms with Crippen molar-refractivity contribution < 1.29 is 5.11 Å². The van der Waals surface area contributed by atoms with Gasteiger partial charge in [0, 0.05) is 19.8 Å². The highest BCUT2D eigenvalue weighted by Crippen LogP contribution is 2.18. The number of unbranched alkanes of at least 4 members (excludes halogenated alkanes) is 2. The third kappa shape index (κ3) is 4.30. The van der Waals surface area contributed by atoms with E-state index < -0.39 is 5.60 Å². The fraction of sp³-hybridized carbons (Fsp3) is 0.692. The van der Waals surface area contributed by atoms with Gasteiger partial charge in [0.05, 0.1) is 5.69 Å². The molecule has 1 heterocycles. The molecule has 1 aromatic heterocycles. The van der Waals surface area contributed by atoms with Gasteiger partial charge in [-0.25, -0.2) is 9.97 Å². The first-order chi connectivity index (χ1) is 7.95. The molecule has 0 saturated heterocycles. The first kappa shape index (κ1) is 13.9. The monoisotopic (exact) mass is 237 g/mol. The predicted molar refractivity (Wildman–Crippen MR) is 70.1 cm³/mol. The molecule has 17 heavy (non-hydrogen) atoms. The van der Waals surface area contributed by atoms with Gasteiger partial charge in [0.15, 0.2) is 0 Å². The van der Waals surface area contributed by atoms with Gasteiger partial charge in [0.25, 0.3) is 0 Å². The Kier molecular flexibility index (Phi) is 4.87. The molecule has 0 bridgehead atoms. The van der Waals surface area contributed by atoms with Crippen LogP contribution in [0.3, 0.4) is 0 Å². The fourth-order valence-electron chi connectivity index (χ4n) is 1.57. The van der Waals surface area contributed by atoms with Gasteiger partial charge >= 0.3 is 0 Å². The van der Waals surface area contributed by atoms with Crippen molar-refractivity contribution in [3.8, 4) is 0 Å². The molecule has 0 spiro atoms. The summed E-state index contributed by atoms with van der Waals surface area (Å²) in [7, 11) is 1.99. The van der Waals surface area contributed by atoms with Gasteiger partial charge < -0.3 is 10.0 Å². The Morgan fingerprint density at radius 2 is 2.06 bits per heavy atom. The summed E-state index contributed by atoms with van der Waals surface area (Å²) in [5.41, 5.74) is -0.257. The van der Waals surface area contributed by atoms with Crippen molar-refractivity contribution in [1.82, 2.24) is 9.97 Å². The van der Waals surface area contributed by atoms with Crippen LogP contribution in [0.25, 0.3) is 0 Å². The maximum absolute atomic E-state index is 9.90. The van der Waals surface area contributed by atoms with E-state index >= 15 is 0 Å². The number of aromatic nitrogens is 2. The van der Waals surface area contributed by atoms with Crippen LogP contribution in [0.2, 0.25) is 0 Å². The lowest BCUT2D eigenvalue weighted by atomic mass is 10.1. The highest BCUT2D eigenvalue weighted by atomic mass is 16.3. The number of aliphatic hydroxyl groups is 1. The minimum absolute atomic E-state index is 0.657. The smallest absolute Gasteiger partial charge is 0.225 e. The number of rotatable bonds is 6. The Bertz CT molecular complexity index is 347. The molecule has 0 atom stereocenters. The van der Waals surface area contributed by atoms with Gasteiger partial charge in [-0.05, 0) is 26.3 Å². The van der Waals surface area contributed by atoms with E-state index in [9.17, 15) is 5.11 Å². The van der Waals surface area contributed by atoms with Crippen molar-refractivity contribution in [2.24, 2.45) is 0 Å². The van der Waals surface area contributed by atoms with Crippen molar-refractivity contribution in [2.45, 2.75) is 45.6 Å². The number of nitrogens with zero attached hydrogens (tertiary/aromatic N) is 3. The molecule has 1 aromatic rings. The first-order valence-corrected chi connectivity index (χ1v) is 6.22. The SMILES string of the molecule is CCCCCN(C)c1nccc(C(C)(C)O)n1. The number of hydrogen-bond acceptors (Lipinski definition) is 4. The van der Waals surface area contributed by atoms with Crippen molar-refractivity contribution in [3.05, 3.63) is 18.0 Å². The average Bonchev–Trinajstić information content (AvgIpc) is 2.28. The third-order valence-corrected chi connectivity index (χ3v) is 2.71. The van der Waals surface area contributed by atoms with Gasteiger partial charge in [-0.1, -0.05) is 19.8 Å². The summed E-state index contributed by atoms with van der Waals surface area (Å²) in [6.07, 6.45) is 5.27. The summed E-state index contributed by atoms with van der Waals surface area (Å²) in [6.45, 7) is 6.60. The number of hydrogen-bond donors (Lipinski definition) is 1. The predicted octanol–water partition coefficient (Wildman–Crippen LogP) is 2.33. The van der Waals surface area contributed by atoms with E-state index in [-0.39, 0.29) is 0 Å². The lowest BCUT2D eigenvalue weighted by Gasteiger charge is -2.21. The molecule has 96 valence electrons. The maximum atomic E-state index is 9.90. The second kappa shape index (κ2) is 5.96. The van der Waals surface area contributed by atoms with Crippen molar-refractivity contribution in [3.63, 3.8) is 0 Å². The Balaban J connectivity index is 2.71. The Hall–Kier alpha value is -1.16. The summed E-state index contributed by atoms with van der Waals surface area (Å²) in [5, 5.41) is 9.90. The Morgan fingerprint density at radius 1 is 1.35 bits per heavy atom. The molecule has 0 saturated carbocycles. The number of anilines is 1. The molecule has 0 unspecified atom stereocenters. The molecule has 1 rings (SSSR count). The van der Waals surface area contributed by atoms with Crippen LogP contribution in [0.15, 0.2) is 12.3 Å². The van der Waals surface area contributed by atoms with Crippen LogP contribution in [0.4, 0.5) is 5.95 Å². The van der Waals surface area contributed by atoms with E-state index in [4.69, 9.17) is 0 Å². The highest BCUT2D eigenvalue weighted by Gasteiger charge is 2.18. The third-order valence-electron chi connectivity index (χ3n) is 2.71. The molecule has 0 amide bonds. The molecular formula is C13H23N3O. The summed E-state index contributed by atoms with van der Waals surface area (Å²) in [6, 6.07) is 1.75. The molecule has 0 aromatic carbocycles. The summed E-state index contributed by atoms with van der Waals surface area (Å²) in [4.78, 5) is 10.7. The lowest BCUT2D eigenvalue weighted by Crippen LogP contribution is -2.24. The van der Waals surface area contributed by atoms with Crippen LogP contribution in [-0.2, 0) is 5.60 Å². The summed E-state index contributed by atoms with van der Waals surface area (Å²) >= 11 is 0. The zero-order valence-electron chi connectivity index (χ0n) is 11.3. The summed E-state index contributed by atoms with van der Waals surface area (Å²) in [5.74, 6) is 0.681. The van der Waals surface area contributed by atoms with E-state index in [1.54, 1.807) is 26.1 Å². The van der Waals surface area contributed by atoms with Gasteiger partial charge in [-0.2, -0.15) is 0 Å². The van der Waals surface area contributed by atoms with Gasteiger partial charge in [0.2, 0.25) is 5.95 Å². The molecule has 0 aliphatic heterocycles. The van der Waals surface area contributed by atoms with Crippen LogP contribution in [0.1, 0.15) is 45.7 Å². The molecular weight excluding hydrogens is 214 g/mol. The highest BCUT2D eigenvalue weighted by molar-refractivity contribution is 5.29. The largest absolute Gasteiger partial charge is 0.384 e. The second-order valence-corrected chi connectivity index (χ2v) is 4.93.